The first-order chi connectivity index (χ1) is 39.1. The van der Waals surface area contributed by atoms with Crippen LogP contribution in [0.4, 0.5) is 0 Å². The molecule has 14 heteroatoms. The number of hydrogen-bond donors (Lipinski definition) is 9. The largest absolute Gasteiger partial charge is 0.394 e. The lowest BCUT2D eigenvalue weighted by Gasteiger charge is -2.46. The molecule has 2 rings (SSSR count). The number of allylic oxidation sites excluding steroid dienone is 1. The monoisotopic (exact) mass is 1140 g/mol. The minimum atomic E-state index is -1.79. The van der Waals surface area contributed by atoms with Crippen LogP contribution < -0.4 is 5.32 Å². The van der Waals surface area contributed by atoms with Crippen LogP contribution in [0.5, 0.6) is 0 Å². The van der Waals surface area contributed by atoms with E-state index in [-0.39, 0.29) is 18.9 Å². The first-order valence-corrected chi connectivity index (χ1v) is 33.9. The van der Waals surface area contributed by atoms with Crippen LogP contribution in [-0.4, -0.2) is 140 Å². The fraction of sp³-hybridized carbons (Fsp3) is 0.955. The Balaban J connectivity index is 1.67. The highest BCUT2D eigenvalue weighted by Crippen LogP contribution is 2.30. The van der Waals surface area contributed by atoms with Gasteiger partial charge < -0.3 is 65.1 Å². The van der Waals surface area contributed by atoms with Crippen molar-refractivity contribution in [2.45, 2.75) is 383 Å². The second-order valence-corrected chi connectivity index (χ2v) is 24.3. The zero-order valence-corrected chi connectivity index (χ0v) is 51.4. The van der Waals surface area contributed by atoms with Crippen molar-refractivity contribution in [2.24, 2.45) is 0 Å². The van der Waals surface area contributed by atoms with Gasteiger partial charge in [-0.05, 0) is 19.3 Å². The maximum Gasteiger partial charge on any atom is 0.220 e. The van der Waals surface area contributed by atoms with E-state index in [2.05, 4.69) is 19.2 Å². The second kappa shape index (κ2) is 52.1. The van der Waals surface area contributed by atoms with Gasteiger partial charge in [0.15, 0.2) is 12.6 Å². The Bertz CT molecular complexity index is 1390. The third kappa shape index (κ3) is 36.5. The Morgan fingerprint density at radius 3 is 1.15 bits per heavy atom. The van der Waals surface area contributed by atoms with Crippen molar-refractivity contribution < 1.29 is 64.6 Å². The summed E-state index contributed by atoms with van der Waals surface area (Å²) >= 11 is 0. The van der Waals surface area contributed by atoms with Crippen molar-refractivity contribution in [3.05, 3.63) is 12.2 Å². The van der Waals surface area contributed by atoms with Gasteiger partial charge in [-0.3, -0.25) is 4.79 Å². The molecule has 12 atom stereocenters. The molecule has 9 N–H and O–H groups in total. The summed E-state index contributed by atoms with van der Waals surface area (Å²) in [5, 5.41) is 87.3. The summed E-state index contributed by atoms with van der Waals surface area (Å²) in [5.74, 6) is -0.233. The number of aliphatic hydroxyl groups is 8. The molecule has 14 nitrogen and oxygen atoms in total. The summed E-state index contributed by atoms with van der Waals surface area (Å²) < 4.78 is 22.8. The summed E-state index contributed by atoms with van der Waals surface area (Å²) in [6.07, 6.45) is 45.6. The van der Waals surface area contributed by atoms with E-state index in [1.807, 2.05) is 6.08 Å². The summed E-state index contributed by atoms with van der Waals surface area (Å²) in [6, 6.07) is -0.910. The Labute approximate surface area is 488 Å². The molecule has 2 saturated heterocycles. The van der Waals surface area contributed by atoms with Crippen LogP contribution in [0.3, 0.4) is 0 Å². The molecular formula is C66H127NO13. The molecule has 2 aliphatic heterocycles. The minimum Gasteiger partial charge on any atom is -0.394 e. The number of amides is 1. The average Bonchev–Trinajstić information content (AvgIpc) is 3.46. The molecule has 80 heavy (non-hydrogen) atoms. The van der Waals surface area contributed by atoms with Crippen molar-refractivity contribution in [3.63, 3.8) is 0 Å². The van der Waals surface area contributed by atoms with Crippen LogP contribution in [0, 0.1) is 0 Å². The first kappa shape index (κ1) is 74.8. The maximum atomic E-state index is 13.3. The topological polar surface area (TPSA) is 228 Å². The van der Waals surface area contributed by atoms with E-state index in [9.17, 15) is 45.6 Å². The zero-order chi connectivity index (χ0) is 58.1. The molecule has 2 heterocycles. The van der Waals surface area contributed by atoms with Crippen LogP contribution in [0.1, 0.15) is 309 Å². The number of carbonyl (C=O) groups excluding carboxylic acids is 1. The average molecular weight is 1140 g/mol. The number of aliphatic hydroxyl groups excluding tert-OH is 8. The highest BCUT2D eigenvalue weighted by Gasteiger charge is 2.51. The number of rotatable bonds is 56. The highest BCUT2D eigenvalue weighted by molar-refractivity contribution is 5.76. The molecule has 0 radical (unpaired) electrons. The highest BCUT2D eigenvalue weighted by atomic mass is 16.7. The molecule has 0 bridgehead atoms. The SMILES string of the molecule is CCCCCCCCCCCCCCCCCCCCCCCCCCCCCC/C=C/C(O)C(COC1OC(CO)C(OC2OC(CO)C(O)C(O)C2O)C(O)C1O)NC(=O)CCCCCCCCCCCCCCCCCC. The molecule has 0 aliphatic carbocycles. The molecule has 474 valence electrons. The quantitative estimate of drug-likeness (QED) is 0.0204. The summed E-state index contributed by atoms with van der Waals surface area (Å²) in [7, 11) is 0. The predicted molar refractivity (Wildman–Crippen MR) is 323 cm³/mol. The van der Waals surface area contributed by atoms with Crippen LogP contribution in [0.25, 0.3) is 0 Å². The van der Waals surface area contributed by atoms with E-state index in [1.54, 1.807) is 6.08 Å². The van der Waals surface area contributed by atoms with Crippen molar-refractivity contribution in [1.82, 2.24) is 5.32 Å². The smallest absolute Gasteiger partial charge is 0.220 e. The molecule has 1 amide bonds. The minimum absolute atomic E-state index is 0.233. The zero-order valence-electron chi connectivity index (χ0n) is 51.4. The number of unbranched alkanes of at least 4 members (excludes halogenated alkanes) is 43. The van der Waals surface area contributed by atoms with E-state index in [1.165, 1.54) is 244 Å². The van der Waals surface area contributed by atoms with Gasteiger partial charge in [0.25, 0.3) is 0 Å². The summed E-state index contributed by atoms with van der Waals surface area (Å²) in [5.41, 5.74) is 0. The fourth-order valence-electron chi connectivity index (χ4n) is 11.5. The van der Waals surface area contributed by atoms with Gasteiger partial charge in [0.2, 0.25) is 5.91 Å². The van der Waals surface area contributed by atoms with Crippen LogP contribution >= 0.6 is 0 Å². The Morgan fingerprint density at radius 2 is 0.775 bits per heavy atom. The molecular weight excluding hydrogens is 1010 g/mol. The van der Waals surface area contributed by atoms with E-state index < -0.39 is 86.8 Å². The van der Waals surface area contributed by atoms with E-state index in [4.69, 9.17) is 18.9 Å². The number of nitrogens with one attached hydrogen (secondary N) is 1. The lowest BCUT2D eigenvalue weighted by atomic mass is 9.97. The van der Waals surface area contributed by atoms with Gasteiger partial charge >= 0.3 is 0 Å². The van der Waals surface area contributed by atoms with Crippen molar-refractivity contribution in [3.8, 4) is 0 Å². The van der Waals surface area contributed by atoms with E-state index >= 15 is 0 Å². The third-order valence-electron chi connectivity index (χ3n) is 17.0. The van der Waals surface area contributed by atoms with Crippen LogP contribution in [0.15, 0.2) is 12.2 Å². The molecule has 0 aromatic rings. The van der Waals surface area contributed by atoms with Gasteiger partial charge in [0, 0.05) is 6.42 Å². The number of hydrogen-bond acceptors (Lipinski definition) is 13. The molecule has 0 aromatic carbocycles. The third-order valence-corrected chi connectivity index (χ3v) is 17.0. The Morgan fingerprint density at radius 1 is 0.438 bits per heavy atom. The maximum absolute atomic E-state index is 13.3. The molecule has 12 unspecified atom stereocenters. The van der Waals surface area contributed by atoms with Crippen molar-refractivity contribution in [1.29, 1.82) is 0 Å². The lowest BCUT2D eigenvalue weighted by molar-refractivity contribution is -0.359. The van der Waals surface area contributed by atoms with E-state index in [0.29, 0.717) is 6.42 Å². The van der Waals surface area contributed by atoms with Gasteiger partial charge in [-0.15, -0.1) is 0 Å². The molecule has 2 fully saturated rings. The van der Waals surface area contributed by atoms with Crippen molar-refractivity contribution in [2.75, 3.05) is 19.8 Å². The van der Waals surface area contributed by atoms with Crippen LogP contribution in [-0.2, 0) is 23.7 Å². The number of ether oxygens (including phenoxy) is 4. The fourth-order valence-corrected chi connectivity index (χ4v) is 11.5. The Kier molecular flexibility index (Phi) is 48.7. The lowest BCUT2D eigenvalue weighted by Crippen LogP contribution is -2.65. The molecule has 0 aromatic heterocycles. The van der Waals surface area contributed by atoms with Crippen molar-refractivity contribution >= 4 is 5.91 Å². The molecule has 0 spiro atoms. The van der Waals surface area contributed by atoms with Gasteiger partial charge in [0.1, 0.15) is 48.8 Å². The second-order valence-electron chi connectivity index (χ2n) is 24.3. The van der Waals surface area contributed by atoms with Gasteiger partial charge in [0.05, 0.1) is 32.0 Å². The van der Waals surface area contributed by atoms with Gasteiger partial charge in [-0.25, -0.2) is 0 Å². The summed E-state index contributed by atoms with van der Waals surface area (Å²) in [6.45, 7) is 2.85. The van der Waals surface area contributed by atoms with Gasteiger partial charge in [-0.1, -0.05) is 296 Å². The van der Waals surface area contributed by atoms with E-state index in [0.717, 1.165) is 38.5 Å². The summed E-state index contributed by atoms with van der Waals surface area (Å²) in [4.78, 5) is 13.3. The molecule has 2 aliphatic rings. The van der Waals surface area contributed by atoms with Crippen LogP contribution in [0.2, 0.25) is 0 Å². The predicted octanol–water partition coefficient (Wildman–Crippen LogP) is 13.0. The first-order valence-electron chi connectivity index (χ1n) is 33.9. The number of carbonyl (C=O) groups is 1. The van der Waals surface area contributed by atoms with Gasteiger partial charge in [-0.2, -0.15) is 0 Å². The Hall–Kier alpha value is -1.27. The standard InChI is InChI=1S/C66H127NO13/c1-3-5-7-9-11-13-15-17-19-21-22-23-24-25-26-27-28-29-30-31-32-33-34-35-37-39-41-43-45-47-49-55(70)54(67-58(71)50-48-46-44-42-40-38-36-20-18-16-14-12-10-8-6-4-2)53-77-65-63(76)61(74)64(57(52-69)79-65)80-66-62(75)60(73)59(72)56(51-68)78-66/h47,49,54-57,59-66,68-70,72-76H,3-46,48,50-53H2,1-2H3,(H,67,71)/b49-47+. The molecule has 0 saturated carbocycles. The normalized spacial score (nSPS) is 24.2.